The molecule has 0 unspecified atom stereocenters. The molecule has 0 aliphatic rings. The van der Waals surface area contributed by atoms with Crippen molar-refractivity contribution in [2.45, 2.75) is 13.8 Å². The number of benzene rings is 2. The summed E-state index contributed by atoms with van der Waals surface area (Å²) in [4.78, 5) is 17.8. The second kappa shape index (κ2) is 8.37. The minimum atomic E-state index is -0.249. The molecule has 2 aromatic carbocycles. The van der Waals surface area contributed by atoms with Gasteiger partial charge in [-0.2, -0.15) is 0 Å². The van der Waals surface area contributed by atoms with Crippen LogP contribution in [0.4, 0.5) is 5.13 Å². The largest absolute Gasteiger partial charge is 0.496 e. The molecule has 0 bridgehead atoms. The molecular weight excluding hydrogens is 380 g/mol. The van der Waals surface area contributed by atoms with Gasteiger partial charge in [-0.15, -0.1) is 11.3 Å². The van der Waals surface area contributed by atoms with Gasteiger partial charge >= 0.3 is 0 Å². The molecule has 0 atom stereocenters. The average Bonchev–Trinajstić information content (AvgIpc) is 3.01. The van der Waals surface area contributed by atoms with Crippen LogP contribution in [0, 0.1) is 13.8 Å². The Hall–Kier alpha value is -2.63. The van der Waals surface area contributed by atoms with Gasteiger partial charge < -0.3 is 4.74 Å². The molecule has 0 saturated carbocycles. The molecule has 1 heterocycles. The van der Waals surface area contributed by atoms with Crippen molar-refractivity contribution >= 4 is 40.1 Å². The molecule has 3 aromatic rings. The van der Waals surface area contributed by atoms with Gasteiger partial charge in [0.25, 0.3) is 0 Å². The molecule has 0 spiro atoms. The summed E-state index contributed by atoms with van der Waals surface area (Å²) in [6.07, 6.45) is 3.14. The third-order valence-corrected chi connectivity index (χ3v) is 5.24. The monoisotopic (exact) mass is 398 g/mol. The lowest BCUT2D eigenvalue weighted by molar-refractivity contribution is -0.111. The summed E-state index contributed by atoms with van der Waals surface area (Å²) in [5.74, 6) is 0.589. The highest BCUT2D eigenvalue weighted by Crippen LogP contribution is 2.32. The Morgan fingerprint density at radius 2 is 2.00 bits per heavy atom. The molecule has 0 radical (unpaired) electrons. The van der Waals surface area contributed by atoms with Gasteiger partial charge in [-0.05, 0) is 55.3 Å². The molecule has 3 rings (SSSR count). The van der Waals surface area contributed by atoms with Gasteiger partial charge in [-0.3, -0.25) is 10.1 Å². The molecule has 27 heavy (non-hydrogen) atoms. The van der Waals surface area contributed by atoms with Crippen molar-refractivity contribution in [1.82, 2.24) is 4.98 Å². The predicted octanol–water partition coefficient (Wildman–Crippen LogP) is 5.74. The minimum absolute atomic E-state index is 0.249. The highest BCUT2D eigenvalue weighted by molar-refractivity contribution is 7.16. The molecule has 0 aliphatic heterocycles. The van der Waals surface area contributed by atoms with E-state index in [1.54, 1.807) is 19.3 Å². The third-order valence-electron chi connectivity index (χ3n) is 4.01. The number of nitrogens with zero attached hydrogens (tertiary/aromatic N) is 1. The fourth-order valence-electron chi connectivity index (χ4n) is 2.67. The molecule has 1 amide bonds. The summed E-state index contributed by atoms with van der Waals surface area (Å²) >= 11 is 7.54. The number of aromatic nitrogens is 1. The fraction of sp³-hybridized carbons (Fsp3) is 0.143. The SMILES string of the molecule is COc1ccc(-c2nc(NC(=O)/C=C/c3ccccc3Cl)sc2C)cc1C. The summed E-state index contributed by atoms with van der Waals surface area (Å²) in [7, 11) is 1.65. The number of methoxy groups -OCH3 is 1. The van der Waals surface area contributed by atoms with Crippen LogP contribution in [-0.4, -0.2) is 18.0 Å². The van der Waals surface area contributed by atoms with E-state index in [1.165, 1.54) is 17.4 Å². The number of hydrogen-bond donors (Lipinski definition) is 1. The average molecular weight is 399 g/mol. The third kappa shape index (κ3) is 4.56. The van der Waals surface area contributed by atoms with Gasteiger partial charge in [0.15, 0.2) is 5.13 Å². The Bertz CT molecular complexity index is 1010. The Kier molecular flexibility index (Phi) is 5.94. The highest BCUT2D eigenvalue weighted by Gasteiger charge is 2.12. The van der Waals surface area contributed by atoms with Crippen LogP contribution >= 0.6 is 22.9 Å². The lowest BCUT2D eigenvalue weighted by Gasteiger charge is -2.06. The number of thiazole rings is 1. The Morgan fingerprint density at radius 3 is 2.70 bits per heavy atom. The number of carbonyl (C=O) groups excluding carboxylic acids is 1. The van der Waals surface area contributed by atoms with Crippen LogP contribution in [0.25, 0.3) is 17.3 Å². The van der Waals surface area contributed by atoms with Gasteiger partial charge in [0, 0.05) is 21.5 Å². The smallest absolute Gasteiger partial charge is 0.250 e. The Morgan fingerprint density at radius 1 is 1.22 bits per heavy atom. The van der Waals surface area contributed by atoms with Gasteiger partial charge in [-0.1, -0.05) is 29.8 Å². The summed E-state index contributed by atoms with van der Waals surface area (Å²) < 4.78 is 5.30. The molecule has 1 N–H and O–H groups in total. The van der Waals surface area contributed by atoms with Crippen LogP contribution in [0.3, 0.4) is 0 Å². The lowest BCUT2D eigenvalue weighted by Crippen LogP contribution is -2.07. The van der Waals surface area contributed by atoms with E-state index in [4.69, 9.17) is 16.3 Å². The maximum atomic E-state index is 12.2. The zero-order chi connectivity index (χ0) is 19.4. The first-order valence-corrected chi connectivity index (χ1v) is 9.53. The number of hydrogen-bond acceptors (Lipinski definition) is 4. The number of amides is 1. The normalized spacial score (nSPS) is 11.0. The van der Waals surface area contributed by atoms with Crippen molar-refractivity contribution in [3.05, 3.63) is 69.6 Å². The van der Waals surface area contributed by atoms with Crippen molar-refractivity contribution in [1.29, 1.82) is 0 Å². The molecular formula is C21H19ClN2O2S. The number of halogens is 1. The van der Waals surface area contributed by atoms with E-state index >= 15 is 0 Å². The molecule has 0 aliphatic carbocycles. The standard InChI is InChI=1S/C21H19ClN2O2S/c1-13-12-16(8-10-18(13)26-3)20-14(2)27-21(24-20)23-19(25)11-9-15-6-4-5-7-17(15)22/h4-12H,1-3H3,(H,23,24,25)/b11-9+. The zero-order valence-electron chi connectivity index (χ0n) is 15.2. The van der Waals surface area contributed by atoms with E-state index < -0.39 is 0 Å². The van der Waals surface area contributed by atoms with Crippen molar-refractivity contribution in [3.63, 3.8) is 0 Å². The van der Waals surface area contributed by atoms with E-state index in [-0.39, 0.29) is 5.91 Å². The van der Waals surface area contributed by atoms with E-state index in [2.05, 4.69) is 10.3 Å². The van der Waals surface area contributed by atoms with Crippen LogP contribution in [0.2, 0.25) is 5.02 Å². The molecule has 1 aromatic heterocycles. The van der Waals surface area contributed by atoms with Gasteiger partial charge in [0.1, 0.15) is 5.75 Å². The quantitative estimate of drug-likeness (QED) is 0.557. The molecule has 138 valence electrons. The van der Waals surface area contributed by atoms with E-state index in [9.17, 15) is 4.79 Å². The number of nitrogens with one attached hydrogen (secondary N) is 1. The Labute approximate surface area is 167 Å². The summed E-state index contributed by atoms with van der Waals surface area (Å²) in [5, 5.41) is 3.97. The minimum Gasteiger partial charge on any atom is -0.496 e. The zero-order valence-corrected chi connectivity index (χ0v) is 16.8. The maximum absolute atomic E-state index is 12.2. The number of ether oxygens (including phenoxy) is 1. The van der Waals surface area contributed by atoms with Crippen molar-refractivity contribution in [3.8, 4) is 17.0 Å². The van der Waals surface area contributed by atoms with Crippen molar-refractivity contribution < 1.29 is 9.53 Å². The van der Waals surface area contributed by atoms with Crippen molar-refractivity contribution in [2.24, 2.45) is 0 Å². The van der Waals surface area contributed by atoms with Crippen LogP contribution in [-0.2, 0) is 4.79 Å². The number of anilines is 1. The summed E-state index contributed by atoms with van der Waals surface area (Å²) in [6, 6.07) is 13.3. The van der Waals surface area contributed by atoms with Gasteiger partial charge in [-0.25, -0.2) is 4.98 Å². The van der Waals surface area contributed by atoms with E-state index in [0.29, 0.717) is 10.2 Å². The summed E-state index contributed by atoms with van der Waals surface area (Å²) in [6.45, 7) is 3.98. The summed E-state index contributed by atoms with van der Waals surface area (Å²) in [5.41, 5.74) is 3.68. The first kappa shape index (κ1) is 19.1. The number of rotatable bonds is 5. The fourth-order valence-corrected chi connectivity index (χ4v) is 3.70. The topological polar surface area (TPSA) is 51.2 Å². The van der Waals surface area contributed by atoms with Crippen LogP contribution in [0.15, 0.2) is 48.5 Å². The molecule has 0 fully saturated rings. The van der Waals surface area contributed by atoms with Crippen LogP contribution < -0.4 is 10.1 Å². The van der Waals surface area contributed by atoms with Crippen LogP contribution in [0.1, 0.15) is 16.0 Å². The second-order valence-electron chi connectivity index (χ2n) is 5.95. The van der Waals surface area contributed by atoms with Crippen LogP contribution in [0.5, 0.6) is 5.75 Å². The second-order valence-corrected chi connectivity index (χ2v) is 7.56. The molecule has 0 saturated heterocycles. The Balaban J connectivity index is 1.75. The van der Waals surface area contributed by atoms with E-state index in [1.807, 2.05) is 50.2 Å². The molecule has 6 heteroatoms. The number of aryl methyl sites for hydroxylation is 2. The molecule has 4 nitrogen and oxygen atoms in total. The predicted molar refractivity (Wildman–Crippen MR) is 113 cm³/mol. The highest BCUT2D eigenvalue weighted by atomic mass is 35.5. The number of carbonyl (C=O) groups is 1. The van der Waals surface area contributed by atoms with Gasteiger partial charge in [0.2, 0.25) is 5.91 Å². The first-order chi connectivity index (χ1) is 13.0. The van der Waals surface area contributed by atoms with E-state index in [0.717, 1.165) is 33.0 Å². The lowest BCUT2D eigenvalue weighted by atomic mass is 10.1. The first-order valence-electron chi connectivity index (χ1n) is 8.34. The van der Waals surface area contributed by atoms with Crippen molar-refractivity contribution in [2.75, 3.05) is 12.4 Å². The maximum Gasteiger partial charge on any atom is 0.250 e. The van der Waals surface area contributed by atoms with Gasteiger partial charge in [0.05, 0.1) is 12.8 Å².